The first-order valence-corrected chi connectivity index (χ1v) is 5.72. The van der Waals surface area contributed by atoms with Gasteiger partial charge in [-0.3, -0.25) is 9.59 Å². The molecule has 0 saturated carbocycles. The lowest BCUT2D eigenvalue weighted by Gasteiger charge is -2.03. The van der Waals surface area contributed by atoms with Crippen molar-refractivity contribution in [2.24, 2.45) is 0 Å². The SMILES string of the molecule is COC(=O)C(=O)CC(=O)c1ccc(Br)cc1Cl. The average Bonchev–Trinajstić information content (AvgIpc) is 2.27. The summed E-state index contributed by atoms with van der Waals surface area (Å²) in [5.41, 5.74) is 0.201. The molecule has 0 N–H and O–H groups in total. The van der Waals surface area contributed by atoms with Crippen molar-refractivity contribution in [3.8, 4) is 0 Å². The van der Waals surface area contributed by atoms with Crippen molar-refractivity contribution in [2.45, 2.75) is 6.42 Å². The van der Waals surface area contributed by atoms with Crippen LogP contribution in [0.5, 0.6) is 0 Å². The van der Waals surface area contributed by atoms with Crippen molar-refractivity contribution in [2.75, 3.05) is 7.11 Å². The molecule has 4 nitrogen and oxygen atoms in total. The van der Waals surface area contributed by atoms with Crippen molar-refractivity contribution in [3.05, 3.63) is 33.3 Å². The topological polar surface area (TPSA) is 60.4 Å². The van der Waals surface area contributed by atoms with E-state index in [0.717, 1.165) is 11.6 Å². The minimum atomic E-state index is -1.04. The number of Topliss-reactive ketones (excluding diaryl/α,β-unsaturated/α-hetero) is 2. The van der Waals surface area contributed by atoms with Crippen LogP contribution in [0.15, 0.2) is 22.7 Å². The van der Waals surface area contributed by atoms with E-state index < -0.39 is 24.0 Å². The monoisotopic (exact) mass is 318 g/mol. The Kier molecular flexibility index (Phi) is 4.84. The summed E-state index contributed by atoms with van der Waals surface area (Å²) in [5.74, 6) is -2.44. The van der Waals surface area contributed by atoms with E-state index in [9.17, 15) is 14.4 Å². The van der Waals surface area contributed by atoms with E-state index >= 15 is 0 Å². The molecule has 0 amide bonds. The zero-order valence-corrected chi connectivity index (χ0v) is 11.2. The molecule has 0 bridgehead atoms. The standard InChI is InChI=1S/C11H8BrClO4/c1-17-11(16)10(15)5-9(14)7-3-2-6(12)4-8(7)13/h2-4H,5H2,1H3. The Hall–Kier alpha value is -1.20. The summed E-state index contributed by atoms with van der Waals surface area (Å²) in [5, 5.41) is 0.224. The number of hydrogen-bond donors (Lipinski definition) is 0. The number of esters is 1. The highest BCUT2D eigenvalue weighted by Crippen LogP contribution is 2.22. The number of hydrogen-bond acceptors (Lipinski definition) is 4. The molecule has 0 heterocycles. The fourth-order valence-corrected chi connectivity index (χ4v) is 1.92. The first-order chi connectivity index (χ1) is 7.95. The molecule has 0 fully saturated rings. The highest BCUT2D eigenvalue weighted by molar-refractivity contribution is 9.10. The number of rotatable bonds is 4. The highest BCUT2D eigenvalue weighted by Gasteiger charge is 2.20. The van der Waals surface area contributed by atoms with Crippen LogP contribution in [0, 0.1) is 0 Å². The molecule has 90 valence electrons. The zero-order chi connectivity index (χ0) is 13.0. The molecule has 6 heteroatoms. The average molecular weight is 320 g/mol. The quantitative estimate of drug-likeness (QED) is 0.370. The van der Waals surface area contributed by atoms with E-state index in [0.29, 0.717) is 0 Å². The summed E-state index contributed by atoms with van der Waals surface area (Å²) in [6.07, 6.45) is -0.548. The zero-order valence-electron chi connectivity index (χ0n) is 8.83. The Morgan fingerprint density at radius 1 is 1.35 bits per heavy atom. The molecule has 0 aromatic heterocycles. The number of carbonyl (C=O) groups excluding carboxylic acids is 3. The molecule has 0 aliphatic carbocycles. The van der Waals surface area contributed by atoms with Crippen molar-refractivity contribution in [1.82, 2.24) is 0 Å². The number of carbonyl (C=O) groups is 3. The number of halogens is 2. The third-order valence-corrected chi connectivity index (χ3v) is 2.77. The predicted molar refractivity (Wildman–Crippen MR) is 65.1 cm³/mol. The van der Waals surface area contributed by atoms with Gasteiger partial charge in [0.15, 0.2) is 5.78 Å². The number of benzene rings is 1. The first-order valence-electron chi connectivity index (χ1n) is 4.55. The van der Waals surface area contributed by atoms with Gasteiger partial charge in [-0.25, -0.2) is 4.79 Å². The third-order valence-electron chi connectivity index (χ3n) is 1.97. The van der Waals surface area contributed by atoms with Crippen LogP contribution in [0.25, 0.3) is 0 Å². The summed E-state index contributed by atoms with van der Waals surface area (Å²) in [6, 6.07) is 4.65. The molecule has 0 saturated heterocycles. The normalized spacial score (nSPS) is 9.82. The maximum absolute atomic E-state index is 11.7. The Balaban J connectivity index is 2.84. The van der Waals surface area contributed by atoms with Gasteiger partial charge in [0.2, 0.25) is 5.78 Å². The molecule has 0 radical (unpaired) electrons. The van der Waals surface area contributed by atoms with E-state index in [1.807, 2.05) is 0 Å². The van der Waals surface area contributed by atoms with E-state index in [1.54, 1.807) is 6.07 Å². The van der Waals surface area contributed by atoms with Crippen molar-refractivity contribution in [1.29, 1.82) is 0 Å². The molecule has 0 atom stereocenters. The second-order valence-corrected chi connectivity index (χ2v) is 4.46. The van der Waals surface area contributed by atoms with Crippen LogP contribution in [0.1, 0.15) is 16.8 Å². The summed E-state index contributed by atoms with van der Waals surface area (Å²) in [6.45, 7) is 0. The van der Waals surface area contributed by atoms with Gasteiger partial charge >= 0.3 is 5.97 Å². The van der Waals surface area contributed by atoms with Gasteiger partial charge in [-0.2, -0.15) is 0 Å². The molecule has 1 aromatic carbocycles. The lowest BCUT2D eigenvalue weighted by molar-refractivity contribution is -0.151. The molecule has 1 aromatic rings. The lowest BCUT2D eigenvalue weighted by Crippen LogP contribution is -2.19. The minimum Gasteiger partial charge on any atom is -0.463 e. The Bertz CT molecular complexity index is 484. The predicted octanol–water partition coefficient (Wildman–Crippen LogP) is 2.42. The highest BCUT2D eigenvalue weighted by atomic mass is 79.9. The summed E-state index contributed by atoms with van der Waals surface area (Å²) < 4.78 is 4.94. The van der Waals surface area contributed by atoms with Gasteiger partial charge in [0.1, 0.15) is 0 Å². The van der Waals surface area contributed by atoms with Crippen LogP contribution in [-0.2, 0) is 14.3 Å². The van der Waals surface area contributed by atoms with E-state index in [1.165, 1.54) is 12.1 Å². The molecule has 0 aliphatic rings. The molecule has 1 rings (SSSR count). The summed E-state index contributed by atoms with van der Waals surface area (Å²) >= 11 is 9.04. The largest absolute Gasteiger partial charge is 0.463 e. The van der Waals surface area contributed by atoms with Crippen LogP contribution in [0.3, 0.4) is 0 Å². The maximum Gasteiger partial charge on any atom is 0.374 e. The van der Waals surface area contributed by atoms with Crippen molar-refractivity contribution in [3.63, 3.8) is 0 Å². The van der Waals surface area contributed by atoms with Crippen LogP contribution in [0.2, 0.25) is 5.02 Å². The Morgan fingerprint density at radius 3 is 2.53 bits per heavy atom. The fraction of sp³-hybridized carbons (Fsp3) is 0.182. The first kappa shape index (κ1) is 13.9. The minimum absolute atomic E-state index is 0.201. The Labute approximate surface area is 111 Å². The summed E-state index contributed by atoms with van der Waals surface area (Å²) in [4.78, 5) is 33.7. The second kappa shape index (κ2) is 5.93. The molecule has 0 spiro atoms. The second-order valence-electron chi connectivity index (χ2n) is 3.14. The van der Waals surface area contributed by atoms with Crippen LogP contribution in [-0.4, -0.2) is 24.6 Å². The van der Waals surface area contributed by atoms with E-state index in [4.69, 9.17) is 11.6 Å². The lowest BCUT2D eigenvalue weighted by atomic mass is 10.1. The van der Waals surface area contributed by atoms with E-state index in [2.05, 4.69) is 20.7 Å². The molecule has 17 heavy (non-hydrogen) atoms. The maximum atomic E-state index is 11.7. The fourth-order valence-electron chi connectivity index (χ4n) is 1.14. The number of methoxy groups -OCH3 is 1. The van der Waals surface area contributed by atoms with Crippen LogP contribution >= 0.6 is 27.5 Å². The third kappa shape index (κ3) is 3.64. The Morgan fingerprint density at radius 2 is 2.00 bits per heavy atom. The van der Waals surface area contributed by atoms with Crippen LogP contribution in [0.4, 0.5) is 0 Å². The van der Waals surface area contributed by atoms with Crippen LogP contribution < -0.4 is 0 Å². The van der Waals surface area contributed by atoms with Gasteiger partial charge in [-0.05, 0) is 18.2 Å². The van der Waals surface area contributed by atoms with Gasteiger partial charge < -0.3 is 4.74 Å². The molecule has 0 aliphatic heterocycles. The van der Waals surface area contributed by atoms with Gasteiger partial charge in [-0.15, -0.1) is 0 Å². The summed E-state index contributed by atoms with van der Waals surface area (Å²) in [7, 11) is 1.08. The van der Waals surface area contributed by atoms with E-state index in [-0.39, 0.29) is 10.6 Å². The molecular formula is C11H8BrClO4. The molecule has 0 unspecified atom stereocenters. The number of ether oxygens (including phenoxy) is 1. The van der Waals surface area contributed by atoms with Gasteiger partial charge in [0, 0.05) is 10.0 Å². The van der Waals surface area contributed by atoms with Gasteiger partial charge in [0.05, 0.1) is 18.6 Å². The van der Waals surface area contributed by atoms with Gasteiger partial charge in [0.25, 0.3) is 0 Å². The van der Waals surface area contributed by atoms with Crippen molar-refractivity contribution >= 4 is 45.1 Å². The molecular weight excluding hydrogens is 311 g/mol. The van der Waals surface area contributed by atoms with Gasteiger partial charge in [-0.1, -0.05) is 27.5 Å². The van der Waals surface area contributed by atoms with Crippen molar-refractivity contribution < 1.29 is 19.1 Å². The number of ketones is 2. The smallest absolute Gasteiger partial charge is 0.374 e.